The van der Waals surface area contributed by atoms with Crippen LogP contribution in [0.25, 0.3) is 0 Å². The summed E-state index contributed by atoms with van der Waals surface area (Å²) in [6, 6.07) is 23.0. The van der Waals surface area contributed by atoms with Gasteiger partial charge in [0.05, 0.1) is 12.7 Å². The van der Waals surface area contributed by atoms with Crippen LogP contribution in [-0.2, 0) is 14.3 Å². The molecule has 0 bridgehead atoms. The Morgan fingerprint density at radius 1 is 0.923 bits per heavy atom. The fraction of sp³-hybridized carbons (Fsp3) is 0.250. The van der Waals surface area contributed by atoms with Crippen LogP contribution in [0, 0.1) is 5.82 Å². The molecule has 0 aromatic heterocycles. The number of allylic oxidation sites excluding steroid dienone is 3. The zero-order valence-corrected chi connectivity index (χ0v) is 21.9. The molecule has 2 atom stereocenters. The van der Waals surface area contributed by atoms with E-state index in [1.54, 1.807) is 26.2 Å². The number of esters is 1. The monoisotopic (exact) mass is 527 g/mol. The molecule has 0 saturated heterocycles. The van der Waals surface area contributed by atoms with E-state index in [2.05, 4.69) is 5.32 Å². The van der Waals surface area contributed by atoms with Crippen molar-refractivity contribution in [3.63, 3.8) is 0 Å². The van der Waals surface area contributed by atoms with Crippen molar-refractivity contribution in [3.8, 4) is 11.5 Å². The summed E-state index contributed by atoms with van der Waals surface area (Å²) in [7, 11) is 1.61. The predicted octanol–water partition coefficient (Wildman–Crippen LogP) is 5.82. The molecule has 1 N–H and O–H groups in total. The van der Waals surface area contributed by atoms with Crippen molar-refractivity contribution in [2.75, 3.05) is 20.3 Å². The molecule has 0 radical (unpaired) electrons. The number of hydrogen-bond acceptors (Lipinski definition) is 6. The van der Waals surface area contributed by atoms with Crippen molar-refractivity contribution in [1.82, 2.24) is 5.32 Å². The van der Waals surface area contributed by atoms with Crippen molar-refractivity contribution >= 4 is 11.8 Å². The van der Waals surface area contributed by atoms with E-state index in [1.807, 2.05) is 54.6 Å². The fourth-order valence-electron chi connectivity index (χ4n) is 5.33. The summed E-state index contributed by atoms with van der Waals surface area (Å²) in [5.41, 5.74) is 3.69. The van der Waals surface area contributed by atoms with Crippen LogP contribution in [-0.4, -0.2) is 32.1 Å². The first kappa shape index (κ1) is 26.2. The third-order valence-electron chi connectivity index (χ3n) is 7.15. The number of halogens is 1. The third-order valence-corrected chi connectivity index (χ3v) is 7.15. The summed E-state index contributed by atoms with van der Waals surface area (Å²) in [4.78, 5) is 27.1. The smallest absolute Gasteiger partial charge is 0.336 e. The highest BCUT2D eigenvalue weighted by atomic mass is 19.1. The lowest BCUT2D eigenvalue weighted by molar-refractivity contribution is -0.140. The zero-order valence-electron chi connectivity index (χ0n) is 21.9. The molecule has 3 aromatic carbocycles. The summed E-state index contributed by atoms with van der Waals surface area (Å²) in [5.74, 6) is -0.419. The van der Waals surface area contributed by atoms with E-state index in [1.165, 1.54) is 12.1 Å². The number of Topliss-reactive ketones (excluding diaryl/α,β-unsaturated/α-hetero) is 1. The van der Waals surface area contributed by atoms with Crippen LogP contribution in [0.5, 0.6) is 11.5 Å². The van der Waals surface area contributed by atoms with Crippen LogP contribution in [0.15, 0.2) is 101 Å². The zero-order chi connectivity index (χ0) is 27.4. The Kier molecular flexibility index (Phi) is 7.77. The van der Waals surface area contributed by atoms with Crippen LogP contribution >= 0.6 is 0 Å². The Morgan fingerprint density at radius 3 is 2.41 bits per heavy atom. The molecule has 5 rings (SSSR count). The van der Waals surface area contributed by atoms with Gasteiger partial charge in [-0.25, -0.2) is 9.18 Å². The molecular formula is C32H30FNO5. The highest BCUT2D eigenvalue weighted by Crippen LogP contribution is 2.45. The summed E-state index contributed by atoms with van der Waals surface area (Å²) in [5, 5.41) is 3.32. The van der Waals surface area contributed by atoms with Gasteiger partial charge in [-0.2, -0.15) is 0 Å². The molecule has 1 aliphatic carbocycles. The number of carbonyl (C=O) groups is 2. The largest absolute Gasteiger partial charge is 0.497 e. The Hall–Kier alpha value is -4.39. The van der Waals surface area contributed by atoms with E-state index in [9.17, 15) is 14.0 Å². The summed E-state index contributed by atoms with van der Waals surface area (Å²) < 4.78 is 30.8. The first-order chi connectivity index (χ1) is 18.9. The standard InChI is InChI=1S/C32H30FNO5/c1-20-29(32(36)39-16-15-38-26-9-4-3-5-10-26)30(22-7-6-8-24(33)17-22)31-27(34-20)18-23(19-28(31)35)21-11-13-25(37-2)14-12-21/h3-14,17,23,30,34H,15-16,18-19H2,1-2H3/t23-,30-/m1/s1. The van der Waals surface area contributed by atoms with Gasteiger partial charge >= 0.3 is 5.97 Å². The third kappa shape index (κ3) is 5.72. The lowest BCUT2D eigenvalue weighted by Crippen LogP contribution is -2.36. The minimum atomic E-state index is -0.733. The number of nitrogens with one attached hydrogen (secondary N) is 1. The molecule has 0 amide bonds. The van der Waals surface area contributed by atoms with Gasteiger partial charge < -0.3 is 19.5 Å². The van der Waals surface area contributed by atoms with Gasteiger partial charge in [0.15, 0.2) is 5.78 Å². The maximum atomic E-state index is 14.3. The molecule has 39 heavy (non-hydrogen) atoms. The summed E-state index contributed by atoms with van der Waals surface area (Å²) in [6.07, 6.45) is 0.870. The highest BCUT2D eigenvalue weighted by molar-refractivity contribution is 6.04. The van der Waals surface area contributed by atoms with Crippen LogP contribution < -0.4 is 14.8 Å². The number of ether oxygens (including phenoxy) is 3. The number of ketones is 1. The first-order valence-electron chi connectivity index (χ1n) is 12.9. The highest BCUT2D eigenvalue weighted by Gasteiger charge is 2.41. The van der Waals surface area contributed by atoms with E-state index >= 15 is 0 Å². The van der Waals surface area contributed by atoms with E-state index < -0.39 is 17.7 Å². The Balaban J connectivity index is 1.41. The van der Waals surface area contributed by atoms with Gasteiger partial charge in [0.1, 0.15) is 30.5 Å². The number of hydrogen-bond donors (Lipinski definition) is 1. The topological polar surface area (TPSA) is 73.9 Å². The summed E-state index contributed by atoms with van der Waals surface area (Å²) in [6.45, 7) is 1.99. The second-order valence-corrected chi connectivity index (χ2v) is 9.64. The maximum Gasteiger partial charge on any atom is 0.336 e. The average Bonchev–Trinajstić information content (AvgIpc) is 2.95. The minimum Gasteiger partial charge on any atom is -0.497 e. The van der Waals surface area contributed by atoms with E-state index in [-0.39, 0.29) is 31.3 Å². The number of dihydropyridines is 1. The molecule has 0 saturated carbocycles. The fourth-order valence-corrected chi connectivity index (χ4v) is 5.33. The van der Waals surface area contributed by atoms with Crippen molar-refractivity contribution in [3.05, 3.63) is 118 Å². The number of rotatable bonds is 8. The SMILES string of the molecule is COc1ccc([C@H]2CC(=O)C3=C(C2)NC(C)=C(C(=O)OCCOc2ccccc2)[C@H]3c2cccc(F)c2)cc1. The predicted molar refractivity (Wildman–Crippen MR) is 145 cm³/mol. The Bertz CT molecular complexity index is 1430. The second kappa shape index (κ2) is 11.6. The van der Waals surface area contributed by atoms with Gasteiger partial charge in [-0.3, -0.25) is 4.79 Å². The molecule has 1 heterocycles. The summed E-state index contributed by atoms with van der Waals surface area (Å²) >= 11 is 0. The normalized spacial score (nSPS) is 18.8. The van der Waals surface area contributed by atoms with E-state index in [0.717, 1.165) is 17.0 Å². The lowest BCUT2D eigenvalue weighted by atomic mass is 9.71. The Labute approximate surface area is 227 Å². The lowest BCUT2D eigenvalue weighted by Gasteiger charge is -2.36. The minimum absolute atomic E-state index is 0.0276. The van der Waals surface area contributed by atoms with Crippen LogP contribution in [0.2, 0.25) is 0 Å². The second-order valence-electron chi connectivity index (χ2n) is 9.64. The first-order valence-corrected chi connectivity index (χ1v) is 12.9. The van der Waals surface area contributed by atoms with Gasteiger partial charge in [0.25, 0.3) is 0 Å². The molecule has 6 nitrogen and oxygen atoms in total. The molecule has 1 aliphatic heterocycles. The van der Waals surface area contributed by atoms with Crippen LogP contribution in [0.1, 0.15) is 42.7 Å². The van der Waals surface area contributed by atoms with Crippen molar-refractivity contribution in [2.45, 2.75) is 31.6 Å². The number of benzene rings is 3. The number of methoxy groups -OCH3 is 1. The number of carbonyl (C=O) groups excluding carboxylic acids is 2. The van der Waals surface area contributed by atoms with Gasteiger partial charge in [-0.1, -0.05) is 42.5 Å². The quantitative estimate of drug-likeness (QED) is 0.294. The molecule has 7 heteroatoms. The van der Waals surface area contributed by atoms with Gasteiger partial charge in [-0.05, 0) is 66.8 Å². The van der Waals surface area contributed by atoms with Crippen molar-refractivity contribution in [2.24, 2.45) is 0 Å². The Morgan fingerprint density at radius 2 is 1.69 bits per heavy atom. The van der Waals surface area contributed by atoms with Crippen molar-refractivity contribution < 1.29 is 28.2 Å². The molecule has 0 spiro atoms. The van der Waals surface area contributed by atoms with Crippen LogP contribution in [0.4, 0.5) is 4.39 Å². The van der Waals surface area contributed by atoms with E-state index in [4.69, 9.17) is 14.2 Å². The molecule has 0 fully saturated rings. The van der Waals surface area contributed by atoms with Crippen LogP contribution in [0.3, 0.4) is 0 Å². The van der Waals surface area contributed by atoms with Gasteiger partial charge in [0, 0.05) is 29.3 Å². The number of para-hydroxylation sites is 1. The van der Waals surface area contributed by atoms with Gasteiger partial charge in [-0.15, -0.1) is 0 Å². The van der Waals surface area contributed by atoms with E-state index in [0.29, 0.717) is 34.6 Å². The molecule has 3 aromatic rings. The van der Waals surface area contributed by atoms with Gasteiger partial charge in [0.2, 0.25) is 0 Å². The molecular weight excluding hydrogens is 497 g/mol. The molecule has 200 valence electrons. The molecule has 0 unspecified atom stereocenters. The molecule has 2 aliphatic rings. The maximum absolute atomic E-state index is 14.3. The average molecular weight is 528 g/mol. The van der Waals surface area contributed by atoms with Crippen molar-refractivity contribution in [1.29, 1.82) is 0 Å².